The van der Waals surface area contributed by atoms with E-state index in [2.05, 4.69) is 32.6 Å². The van der Waals surface area contributed by atoms with Gasteiger partial charge in [-0.05, 0) is 42.8 Å². The molecule has 0 fully saturated rings. The van der Waals surface area contributed by atoms with Crippen LogP contribution in [-0.2, 0) is 24.5 Å². The molecule has 202 valence electrons. The number of rotatable bonds is 14. The molecule has 39 heavy (non-hydrogen) atoms. The first-order valence-electron chi connectivity index (χ1n) is 12.2. The Morgan fingerprint density at radius 3 is 2.69 bits per heavy atom. The fourth-order valence-electron chi connectivity index (χ4n) is 3.41. The number of amides is 1. The number of allylic oxidation sites excluding steroid dienone is 1. The Morgan fingerprint density at radius 1 is 1.15 bits per heavy atom. The molecular formula is C28H30N6O4S. The van der Waals surface area contributed by atoms with Gasteiger partial charge >= 0.3 is 0 Å². The number of methoxy groups -OCH3 is 1. The SMILES string of the molecule is C=CCn1c(CNc2ccccc2)nnc1S[C@H](C)C(=O)N/N=C\c1ccc(OCc2ccc(OC)cc2)o1. The van der Waals surface area contributed by atoms with Crippen molar-refractivity contribution in [3.05, 3.63) is 96.5 Å². The van der Waals surface area contributed by atoms with Crippen molar-refractivity contribution in [3.63, 3.8) is 0 Å². The number of thioether (sulfide) groups is 1. The molecule has 1 atom stereocenters. The molecule has 10 nitrogen and oxygen atoms in total. The number of carbonyl (C=O) groups is 1. The zero-order valence-electron chi connectivity index (χ0n) is 21.7. The maximum atomic E-state index is 12.6. The van der Waals surface area contributed by atoms with Gasteiger partial charge in [-0.3, -0.25) is 4.79 Å². The number of hydrazone groups is 1. The highest BCUT2D eigenvalue weighted by atomic mass is 32.2. The molecular weight excluding hydrogens is 516 g/mol. The molecule has 0 aliphatic rings. The van der Waals surface area contributed by atoms with Crippen LogP contribution in [0.5, 0.6) is 11.7 Å². The number of hydrogen-bond donors (Lipinski definition) is 2. The van der Waals surface area contributed by atoms with Crippen molar-refractivity contribution >= 4 is 29.6 Å². The van der Waals surface area contributed by atoms with Crippen LogP contribution in [0.1, 0.15) is 24.1 Å². The molecule has 2 aromatic heterocycles. The van der Waals surface area contributed by atoms with Gasteiger partial charge in [0.15, 0.2) is 16.7 Å². The zero-order valence-corrected chi connectivity index (χ0v) is 22.6. The van der Waals surface area contributed by atoms with E-state index in [0.29, 0.717) is 36.6 Å². The number of anilines is 1. The summed E-state index contributed by atoms with van der Waals surface area (Å²) in [6, 6.07) is 20.8. The highest BCUT2D eigenvalue weighted by Crippen LogP contribution is 2.23. The molecule has 0 aliphatic heterocycles. The summed E-state index contributed by atoms with van der Waals surface area (Å²) in [4.78, 5) is 12.6. The van der Waals surface area contributed by atoms with Crippen molar-refractivity contribution < 1.29 is 18.7 Å². The first kappa shape index (κ1) is 27.5. The summed E-state index contributed by atoms with van der Waals surface area (Å²) in [5.41, 5.74) is 4.50. The highest BCUT2D eigenvalue weighted by molar-refractivity contribution is 8.00. The van der Waals surface area contributed by atoms with Crippen LogP contribution < -0.4 is 20.2 Å². The molecule has 4 rings (SSSR count). The van der Waals surface area contributed by atoms with Gasteiger partial charge in [0.05, 0.1) is 25.1 Å². The Morgan fingerprint density at radius 2 is 1.95 bits per heavy atom. The van der Waals surface area contributed by atoms with Gasteiger partial charge in [-0.1, -0.05) is 48.2 Å². The van der Waals surface area contributed by atoms with E-state index in [9.17, 15) is 4.79 Å². The van der Waals surface area contributed by atoms with E-state index in [1.807, 2.05) is 59.2 Å². The van der Waals surface area contributed by atoms with Gasteiger partial charge in [0.1, 0.15) is 12.4 Å². The average molecular weight is 547 g/mol. The summed E-state index contributed by atoms with van der Waals surface area (Å²) in [6.45, 7) is 6.97. The van der Waals surface area contributed by atoms with Crippen molar-refractivity contribution in [2.75, 3.05) is 12.4 Å². The van der Waals surface area contributed by atoms with E-state index >= 15 is 0 Å². The molecule has 11 heteroatoms. The average Bonchev–Trinajstić information content (AvgIpc) is 3.58. The third kappa shape index (κ3) is 7.99. The normalized spacial score (nSPS) is 11.7. The minimum Gasteiger partial charge on any atom is -0.497 e. The molecule has 0 saturated heterocycles. The summed E-state index contributed by atoms with van der Waals surface area (Å²) in [7, 11) is 1.62. The van der Waals surface area contributed by atoms with Crippen LogP contribution in [-0.4, -0.2) is 39.2 Å². The van der Waals surface area contributed by atoms with Gasteiger partial charge < -0.3 is 23.8 Å². The number of carbonyl (C=O) groups excluding carboxylic acids is 1. The van der Waals surface area contributed by atoms with E-state index < -0.39 is 5.25 Å². The Hall–Kier alpha value is -4.51. The predicted molar refractivity (Wildman–Crippen MR) is 151 cm³/mol. The van der Waals surface area contributed by atoms with Crippen molar-refractivity contribution in [1.29, 1.82) is 0 Å². The first-order chi connectivity index (χ1) is 19.1. The molecule has 0 bridgehead atoms. The maximum Gasteiger partial charge on any atom is 0.285 e. The van der Waals surface area contributed by atoms with Gasteiger partial charge in [-0.25, -0.2) is 5.43 Å². The van der Waals surface area contributed by atoms with Crippen molar-refractivity contribution in [1.82, 2.24) is 20.2 Å². The molecule has 2 N–H and O–H groups in total. The Balaban J connectivity index is 1.26. The zero-order chi connectivity index (χ0) is 27.5. The molecule has 2 aromatic carbocycles. The maximum absolute atomic E-state index is 12.6. The Kier molecular flexibility index (Phi) is 9.79. The first-order valence-corrected chi connectivity index (χ1v) is 13.1. The number of hydrogen-bond acceptors (Lipinski definition) is 9. The Labute approximate surface area is 231 Å². The highest BCUT2D eigenvalue weighted by Gasteiger charge is 2.19. The van der Waals surface area contributed by atoms with Crippen LogP contribution in [0.4, 0.5) is 5.69 Å². The minimum absolute atomic E-state index is 0.282. The lowest BCUT2D eigenvalue weighted by atomic mass is 10.2. The largest absolute Gasteiger partial charge is 0.497 e. The molecule has 0 aliphatic carbocycles. The lowest BCUT2D eigenvalue weighted by Crippen LogP contribution is -2.27. The van der Waals surface area contributed by atoms with Gasteiger partial charge in [-0.15, -0.1) is 16.8 Å². The van der Waals surface area contributed by atoms with Crippen molar-refractivity contribution in [3.8, 4) is 11.7 Å². The van der Waals surface area contributed by atoms with Crippen molar-refractivity contribution in [2.45, 2.75) is 37.0 Å². The van der Waals surface area contributed by atoms with Gasteiger partial charge in [-0.2, -0.15) is 5.10 Å². The summed E-state index contributed by atoms with van der Waals surface area (Å²) in [5.74, 6) is 2.04. The number of nitrogens with zero attached hydrogens (tertiary/aromatic N) is 4. The lowest BCUT2D eigenvalue weighted by molar-refractivity contribution is -0.120. The van der Waals surface area contributed by atoms with Gasteiger partial charge in [0.2, 0.25) is 0 Å². The number of para-hydroxylation sites is 1. The molecule has 0 saturated carbocycles. The van der Waals surface area contributed by atoms with E-state index in [0.717, 1.165) is 22.8 Å². The van der Waals surface area contributed by atoms with Crippen LogP contribution in [0.2, 0.25) is 0 Å². The standard InChI is InChI=1S/C28H30N6O4S/c1-4-16-34-25(18-29-22-8-6-5-7-9-22)31-33-28(34)39-20(2)27(35)32-30-17-24-14-15-26(38-24)37-19-21-10-12-23(36-3)13-11-21/h4-15,17,20,29H,1,16,18-19H2,2-3H3,(H,32,35)/b30-17-/t20-/m1/s1. The van der Waals surface area contributed by atoms with Crippen LogP contribution in [0.3, 0.4) is 0 Å². The van der Waals surface area contributed by atoms with Crippen LogP contribution in [0.15, 0.2) is 94.1 Å². The molecule has 4 aromatic rings. The smallest absolute Gasteiger partial charge is 0.285 e. The topological polar surface area (TPSA) is 116 Å². The lowest BCUT2D eigenvalue weighted by Gasteiger charge is -2.12. The molecule has 0 spiro atoms. The van der Waals surface area contributed by atoms with Crippen LogP contribution in [0, 0.1) is 0 Å². The Bertz CT molecular complexity index is 1380. The molecule has 0 radical (unpaired) electrons. The van der Waals surface area contributed by atoms with Crippen molar-refractivity contribution in [2.24, 2.45) is 5.10 Å². The third-order valence-electron chi connectivity index (χ3n) is 5.49. The quantitative estimate of drug-likeness (QED) is 0.0994. The van der Waals surface area contributed by atoms with E-state index in [4.69, 9.17) is 13.9 Å². The van der Waals surface area contributed by atoms with E-state index in [1.165, 1.54) is 18.0 Å². The van der Waals surface area contributed by atoms with E-state index in [-0.39, 0.29) is 5.91 Å². The van der Waals surface area contributed by atoms with Gasteiger partial charge in [0.25, 0.3) is 11.9 Å². The minimum atomic E-state index is -0.468. The fraction of sp³-hybridized carbons (Fsp3) is 0.214. The fourth-order valence-corrected chi connectivity index (χ4v) is 4.28. The summed E-state index contributed by atoms with van der Waals surface area (Å²) >= 11 is 1.29. The number of ether oxygens (including phenoxy) is 2. The molecule has 2 heterocycles. The monoisotopic (exact) mass is 546 g/mol. The summed E-state index contributed by atoms with van der Waals surface area (Å²) in [6.07, 6.45) is 3.19. The summed E-state index contributed by atoms with van der Waals surface area (Å²) < 4.78 is 18.3. The molecule has 1 amide bonds. The van der Waals surface area contributed by atoms with Crippen LogP contribution in [0.25, 0.3) is 0 Å². The number of nitrogens with one attached hydrogen (secondary N) is 2. The second-order valence-electron chi connectivity index (χ2n) is 8.31. The second-order valence-corrected chi connectivity index (χ2v) is 9.61. The van der Waals surface area contributed by atoms with Crippen LogP contribution >= 0.6 is 11.8 Å². The number of aromatic nitrogens is 3. The predicted octanol–water partition coefficient (Wildman–Crippen LogP) is 4.89. The second kappa shape index (κ2) is 13.9. The molecule has 0 unspecified atom stereocenters. The number of benzene rings is 2. The third-order valence-corrected chi connectivity index (χ3v) is 6.57. The number of furan rings is 1. The van der Waals surface area contributed by atoms with E-state index in [1.54, 1.807) is 32.2 Å². The summed E-state index contributed by atoms with van der Waals surface area (Å²) in [5, 5.41) is 16.1. The van der Waals surface area contributed by atoms with Gasteiger partial charge in [0, 0.05) is 18.3 Å².